The third-order valence-corrected chi connectivity index (χ3v) is 4.41. The Morgan fingerprint density at radius 2 is 2.00 bits per heavy atom. The zero-order valence-corrected chi connectivity index (χ0v) is 14.5. The molecule has 0 bridgehead atoms. The summed E-state index contributed by atoms with van der Waals surface area (Å²) in [6, 6.07) is 2.42. The molecule has 0 aliphatic carbocycles. The van der Waals surface area contributed by atoms with E-state index in [1.165, 1.54) is 0 Å². The van der Waals surface area contributed by atoms with Crippen molar-refractivity contribution in [3.63, 3.8) is 0 Å². The van der Waals surface area contributed by atoms with E-state index < -0.39 is 0 Å². The lowest BCUT2D eigenvalue weighted by Crippen LogP contribution is -2.45. The van der Waals surface area contributed by atoms with Crippen LogP contribution in [-0.4, -0.2) is 47.0 Å². The maximum Gasteiger partial charge on any atom is 0.222 e. The van der Waals surface area contributed by atoms with E-state index in [-0.39, 0.29) is 5.91 Å². The van der Waals surface area contributed by atoms with Crippen molar-refractivity contribution in [3.8, 4) is 0 Å². The zero-order valence-electron chi connectivity index (χ0n) is 14.5. The fourth-order valence-corrected chi connectivity index (χ4v) is 2.93. The summed E-state index contributed by atoms with van der Waals surface area (Å²) in [5, 5.41) is 0. The molecular formula is C17H28N4O. The van der Waals surface area contributed by atoms with Crippen molar-refractivity contribution in [1.29, 1.82) is 0 Å². The number of aryl methyl sites for hydroxylation is 1. The summed E-state index contributed by atoms with van der Waals surface area (Å²) < 4.78 is 0. The quantitative estimate of drug-likeness (QED) is 0.858. The predicted molar refractivity (Wildman–Crippen MR) is 89.2 cm³/mol. The number of carbonyl (C=O) groups excluding carboxylic acids is 1. The summed E-state index contributed by atoms with van der Waals surface area (Å²) in [7, 11) is 1.93. The van der Waals surface area contributed by atoms with Crippen LogP contribution in [0.15, 0.2) is 6.07 Å². The molecule has 1 fully saturated rings. The van der Waals surface area contributed by atoms with E-state index in [0.717, 1.165) is 43.3 Å². The Bertz CT molecular complexity index is 521. The van der Waals surface area contributed by atoms with Gasteiger partial charge in [-0.15, -0.1) is 0 Å². The van der Waals surface area contributed by atoms with Crippen molar-refractivity contribution < 1.29 is 4.79 Å². The Hall–Kier alpha value is -1.65. The van der Waals surface area contributed by atoms with Crippen LogP contribution in [0.3, 0.4) is 0 Å². The van der Waals surface area contributed by atoms with Crippen molar-refractivity contribution in [2.45, 2.75) is 58.9 Å². The van der Waals surface area contributed by atoms with E-state index >= 15 is 0 Å². The minimum atomic E-state index is 0.235. The van der Waals surface area contributed by atoms with Crippen molar-refractivity contribution in [3.05, 3.63) is 17.6 Å². The molecule has 1 saturated heterocycles. The van der Waals surface area contributed by atoms with Gasteiger partial charge in [-0.3, -0.25) is 4.79 Å². The molecule has 1 amide bonds. The fraction of sp³-hybridized carbons (Fsp3) is 0.706. The highest BCUT2D eigenvalue weighted by atomic mass is 16.2. The summed E-state index contributed by atoms with van der Waals surface area (Å²) in [5.74, 6) is 2.51. The van der Waals surface area contributed by atoms with Crippen LogP contribution in [-0.2, 0) is 4.79 Å². The van der Waals surface area contributed by atoms with Gasteiger partial charge in [0.05, 0.1) is 0 Å². The van der Waals surface area contributed by atoms with E-state index in [2.05, 4.69) is 29.8 Å². The van der Waals surface area contributed by atoms with Crippen LogP contribution in [0, 0.1) is 6.92 Å². The van der Waals surface area contributed by atoms with Gasteiger partial charge in [0, 0.05) is 50.3 Å². The van der Waals surface area contributed by atoms with Gasteiger partial charge in [0.25, 0.3) is 0 Å². The molecule has 22 heavy (non-hydrogen) atoms. The summed E-state index contributed by atoms with van der Waals surface area (Å²) in [4.78, 5) is 25.3. The number of piperidine rings is 1. The molecule has 0 radical (unpaired) electrons. The number of hydrogen-bond donors (Lipinski definition) is 0. The molecule has 1 aliphatic rings. The minimum Gasteiger partial charge on any atom is -0.356 e. The fourth-order valence-electron chi connectivity index (χ4n) is 2.93. The number of amides is 1. The summed E-state index contributed by atoms with van der Waals surface area (Å²) in [6.07, 6.45) is 2.59. The van der Waals surface area contributed by atoms with Crippen LogP contribution in [0.1, 0.15) is 57.5 Å². The minimum absolute atomic E-state index is 0.235. The number of rotatable bonds is 4. The lowest BCUT2D eigenvalue weighted by molar-refractivity contribution is -0.131. The second-order valence-electron chi connectivity index (χ2n) is 6.46. The zero-order chi connectivity index (χ0) is 16.3. The van der Waals surface area contributed by atoms with Crippen molar-refractivity contribution in [1.82, 2.24) is 14.9 Å². The first kappa shape index (κ1) is 16.7. The van der Waals surface area contributed by atoms with Gasteiger partial charge in [0.15, 0.2) is 0 Å². The maximum absolute atomic E-state index is 11.8. The summed E-state index contributed by atoms with van der Waals surface area (Å²) in [6.45, 7) is 10.1. The predicted octanol–water partition coefficient (Wildman–Crippen LogP) is 2.75. The first-order valence-electron chi connectivity index (χ1n) is 8.28. The van der Waals surface area contributed by atoms with Gasteiger partial charge in [-0.1, -0.05) is 20.8 Å². The number of anilines is 1. The molecular weight excluding hydrogens is 276 g/mol. The van der Waals surface area contributed by atoms with Gasteiger partial charge in [0.2, 0.25) is 5.91 Å². The second kappa shape index (κ2) is 7.07. The first-order chi connectivity index (χ1) is 10.4. The monoisotopic (exact) mass is 304 g/mol. The molecule has 2 heterocycles. The van der Waals surface area contributed by atoms with Crippen LogP contribution in [0.5, 0.6) is 0 Å². The molecule has 2 rings (SSSR count). The molecule has 122 valence electrons. The van der Waals surface area contributed by atoms with Crippen LogP contribution in [0.2, 0.25) is 0 Å². The largest absolute Gasteiger partial charge is 0.356 e. The van der Waals surface area contributed by atoms with E-state index in [9.17, 15) is 4.79 Å². The first-order valence-corrected chi connectivity index (χ1v) is 8.28. The van der Waals surface area contributed by atoms with E-state index in [4.69, 9.17) is 4.98 Å². The van der Waals surface area contributed by atoms with Crippen LogP contribution in [0.25, 0.3) is 0 Å². The average molecular weight is 304 g/mol. The highest BCUT2D eigenvalue weighted by Crippen LogP contribution is 2.23. The number of nitrogens with zero attached hydrogens (tertiary/aromatic N) is 4. The van der Waals surface area contributed by atoms with Crippen molar-refractivity contribution in [2.75, 3.05) is 25.0 Å². The van der Waals surface area contributed by atoms with Gasteiger partial charge in [-0.2, -0.15) is 0 Å². The summed E-state index contributed by atoms with van der Waals surface area (Å²) in [5.41, 5.74) is 1.02. The Morgan fingerprint density at radius 1 is 1.36 bits per heavy atom. The number of hydrogen-bond acceptors (Lipinski definition) is 4. The van der Waals surface area contributed by atoms with Gasteiger partial charge in [0.1, 0.15) is 11.6 Å². The van der Waals surface area contributed by atoms with Crippen LogP contribution < -0.4 is 4.90 Å². The van der Waals surface area contributed by atoms with E-state index in [0.29, 0.717) is 18.4 Å². The molecule has 0 saturated carbocycles. The Kier molecular flexibility index (Phi) is 5.37. The smallest absolute Gasteiger partial charge is 0.222 e. The number of carbonyl (C=O) groups is 1. The average Bonchev–Trinajstić information content (AvgIpc) is 2.53. The standard InChI is InChI=1S/C17H28N4O/c1-6-16(22)20(5)14-7-9-21(10-8-14)15-11-13(4)18-17(19-15)12(2)3/h11-12,14H,6-10H2,1-5H3. The maximum atomic E-state index is 11.8. The molecule has 0 unspecified atom stereocenters. The Balaban J connectivity index is 2.04. The highest BCUT2D eigenvalue weighted by Gasteiger charge is 2.25. The Morgan fingerprint density at radius 3 is 2.55 bits per heavy atom. The molecule has 5 nitrogen and oxygen atoms in total. The van der Waals surface area contributed by atoms with Gasteiger partial charge < -0.3 is 9.80 Å². The van der Waals surface area contributed by atoms with Gasteiger partial charge in [-0.25, -0.2) is 9.97 Å². The van der Waals surface area contributed by atoms with Crippen molar-refractivity contribution in [2.24, 2.45) is 0 Å². The second-order valence-corrected chi connectivity index (χ2v) is 6.46. The van der Waals surface area contributed by atoms with Crippen LogP contribution in [0.4, 0.5) is 5.82 Å². The van der Waals surface area contributed by atoms with Gasteiger partial charge >= 0.3 is 0 Å². The van der Waals surface area contributed by atoms with Gasteiger partial charge in [-0.05, 0) is 19.8 Å². The lowest BCUT2D eigenvalue weighted by atomic mass is 10.0. The number of aromatic nitrogens is 2. The topological polar surface area (TPSA) is 49.3 Å². The Labute approximate surface area is 133 Å². The molecule has 0 atom stereocenters. The van der Waals surface area contributed by atoms with E-state index in [1.807, 2.05) is 25.8 Å². The summed E-state index contributed by atoms with van der Waals surface area (Å²) >= 11 is 0. The van der Waals surface area contributed by atoms with Crippen LogP contribution >= 0.6 is 0 Å². The SMILES string of the molecule is CCC(=O)N(C)C1CCN(c2cc(C)nc(C(C)C)n2)CC1. The molecule has 0 aromatic carbocycles. The van der Waals surface area contributed by atoms with Crippen molar-refractivity contribution >= 4 is 11.7 Å². The molecule has 0 spiro atoms. The molecule has 0 N–H and O–H groups in total. The molecule has 1 aromatic rings. The normalized spacial score (nSPS) is 16.2. The lowest BCUT2D eigenvalue weighted by Gasteiger charge is -2.37. The third-order valence-electron chi connectivity index (χ3n) is 4.41. The molecule has 5 heteroatoms. The highest BCUT2D eigenvalue weighted by molar-refractivity contribution is 5.75. The van der Waals surface area contributed by atoms with E-state index in [1.54, 1.807) is 0 Å². The third kappa shape index (κ3) is 3.76. The molecule has 1 aromatic heterocycles. The molecule has 1 aliphatic heterocycles.